The maximum Gasteiger partial charge on any atom is 0.232 e. The average Bonchev–Trinajstić information content (AvgIpc) is 2.97. The fourth-order valence-electron chi connectivity index (χ4n) is 5.11. The predicted octanol–water partition coefficient (Wildman–Crippen LogP) is 0.602. The van der Waals surface area contributed by atoms with Crippen LogP contribution in [0.25, 0.3) is 0 Å². The molecule has 12 heteroatoms. The number of hydrogen-bond acceptors (Lipinski definition) is 12. The third-order valence-electron chi connectivity index (χ3n) is 7.64. The first kappa shape index (κ1) is 33.7. The van der Waals surface area contributed by atoms with Gasteiger partial charge in [-0.3, -0.25) is 0 Å². The lowest BCUT2D eigenvalue weighted by atomic mass is 10.1. The fourth-order valence-corrected chi connectivity index (χ4v) is 5.11. The Morgan fingerprint density at radius 3 is 1.27 bits per heavy atom. The zero-order valence-corrected chi connectivity index (χ0v) is 25.9. The fraction of sp³-hybridized carbons (Fsp3) is 0.897. The van der Waals surface area contributed by atoms with Gasteiger partial charge in [0.1, 0.15) is 0 Å². The monoisotopic (exact) mass is 577 g/mol. The van der Waals surface area contributed by atoms with Gasteiger partial charge in [-0.25, -0.2) is 0 Å². The van der Waals surface area contributed by atoms with Crippen LogP contribution in [-0.2, 0) is 0 Å². The van der Waals surface area contributed by atoms with Crippen molar-refractivity contribution < 1.29 is 0 Å². The van der Waals surface area contributed by atoms with Crippen molar-refractivity contribution in [1.82, 2.24) is 46.9 Å². The summed E-state index contributed by atoms with van der Waals surface area (Å²) in [5.41, 5.74) is 0. The second kappa shape index (κ2) is 22.7. The van der Waals surface area contributed by atoms with Gasteiger partial charge in [-0.2, -0.15) is 15.0 Å². The molecule has 0 bridgehead atoms. The van der Waals surface area contributed by atoms with Crippen molar-refractivity contribution in [3.63, 3.8) is 0 Å². The normalized spacial score (nSPS) is 19.4. The Hall–Kier alpha value is -1.83. The minimum absolute atomic E-state index is 0.695. The number of aromatic nitrogens is 3. The highest BCUT2D eigenvalue weighted by atomic mass is 15.4. The van der Waals surface area contributed by atoms with E-state index < -0.39 is 0 Å². The molecule has 2 fully saturated rings. The van der Waals surface area contributed by atoms with Crippen LogP contribution in [0.1, 0.15) is 58.3 Å². The smallest absolute Gasteiger partial charge is 0.232 e. The molecule has 12 nitrogen and oxygen atoms in total. The lowest BCUT2D eigenvalue weighted by Crippen LogP contribution is -2.43. The molecule has 0 saturated carbocycles. The lowest BCUT2D eigenvalue weighted by Gasteiger charge is -2.28. The molecule has 0 radical (unpaired) electrons. The minimum atomic E-state index is 0.695. The number of rotatable bonds is 12. The summed E-state index contributed by atoms with van der Waals surface area (Å²) >= 11 is 0. The van der Waals surface area contributed by atoms with Gasteiger partial charge in [0.2, 0.25) is 17.8 Å². The van der Waals surface area contributed by atoms with Gasteiger partial charge in [0.15, 0.2) is 0 Å². The molecule has 3 rings (SSSR count). The Morgan fingerprint density at radius 2 is 0.854 bits per heavy atom. The second-order valence-corrected chi connectivity index (χ2v) is 11.1. The number of hydrogen-bond donors (Lipinski definition) is 7. The van der Waals surface area contributed by atoms with Gasteiger partial charge in [-0.1, -0.05) is 51.9 Å². The molecule has 2 aliphatic heterocycles. The zero-order chi connectivity index (χ0) is 28.6. The molecule has 1 aromatic heterocycles. The van der Waals surface area contributed by atoms with Crippen LogP contribution in [0.2, 0.25) is 0 Å². The molecule has 0 unspecified atom stereocenters. The number of anilines is 3. The number of nitrogens with zero attached hydrogens (tertiary/aromatic N) is 5. The first-order chi connectivity index (χ1) is 20.4. The first-order valence-electron chi connectivity index (χ1n) is 16.6. The summed E-state index contributed by atoms with van der Waals surface area (Å²) in [6.07, 6.45) is 10.5. The first-order valence-corrected chi connectivity index (χ1v) is 16.6. The Kier molecular flexibility index (Phi) is 18.7. The highest BCUT2D eigenvalue weighted by molar-refractivity contribution is 5.45. The average molecular weight is 577 g/mol. The maximum atomic E-state index is 5.06. The summed E-state index contributed by atoms with van der Waals surface area (Å²) in [6, 6.07) is 0. The number of nitrogens with one attached hydrogen (secondary N) is 7. The van der Waals surface area contributed by atoms with Crippen molar-refractivity contribution in [2.45, 2.75) is 58.3 Å². The van der Waals surface area contributed by atoms with E-state index in [4.69, 9.17) is 15.0 Å². The summed E-state index contributed by atoms with van der Waals surface area (Å²) in [5.74, 6) is 2.23. The van der Waals surface area contributed by atoms with Crippen LogP contribution in [0, 0.1) is 0 Å². The van der Waals surface area contributed by atoms with Crippen molar-refractivity contribution in [1.29, 1.82) is 0 Å². The van der Waals surface area contributed by atoms with E-state index >= 15 is 0 Å². The molecule has 236 valence electrons. The van der Waals surface area contributed by atoms with Gasteiger partial charge < -0.3 is 47.0 Å². The molecular formula is C29H60N12. The van der Waals surface area contributed by atoms with Crippen LogP contribution in [0.4, 0.5) is 17.8 Å². The van der Waals surface area contributed by atoms with Crippen molar-refractivity contribution in [3.05, 3.63) is 0 Å². The third kappa shape index (κ3) is 15.3. The molecule has 3 heterocycles. The summed E-state index contributed by atoms with van der Waals surface area (Å²) < 4.78 is 0. The summed E-state index contributed by atoms with van der Waals surface area (Å²) in [7, 11) is 0. The van der Waals surface area contributed by atoms with Crippen molar-refractivity contribution in [2.24, 2.45) is 0 Å². The predicted molar refractivity (Wildman–Crippen MR) is 173 cm³/mol. The van der Waals surface area contributed by atoms with Crippen molar-refractivity contribution >= 4 is 17.8 Å². The Labute approximate surface area is 249 Å². The largest absolute Gasteiger partial charge is 0.354 e. The zero-order valence-electron chi connectivity index (χ0n) is 25.9. The topological polar surface area (TPSA) is 129 Å². The van der Waals surface area contributed by atoms with Gasteiger partial charge in [-0.15, -0.1) is 0 Å². The van der Waals surface area contributed by atoms with Crippen LogP contribution in [0.5, 0.6) is 0 Å². The van der Waals surface area contributed by atoms with Crippen LogP contribution in [-0.4, -0.2) is 126 Å². The Balaban J connectivity index is 1.68. The molecule has 2 aliphatic rings. The molecule has 0 aliphatic carbocycles. The summed E-state index contributed by atoms with van der Waals surface area (Å²) in [5, 5.41) is 24.7. The van der Waals surface area contributed by atoms with Gasteiger partial charge >= 0.3 is 0 Å². The maximum absolute atomic E-state index is 5.06. The van der Waals surface area contributed by atoms with E-state index in [1.165, 1.54) is 44.9 Å². The highest BCUT2D eigenvalue weighted by Gasteiger charge is 2.18. The van der Waals surface area contributed by atoms with Crippen molar-refractivity contribution in [3.8, 4) is 0 Å². The minimum Gasteiger partial charge on any atom is -0.354 e. The van der Waals surface area contributed by atoms with E-state index in [1.807, 2.05) is 0 Å². The molecule has 0 aromatic carbocycles. The van der Waals surface area contributed by atoms with Crippen LogP contribution >= 0.6 is 0 Å². The standard InChI is InChI=1S/C29H60N12/c1-2-3-4-5-6-7-8-9-10-36-27-37-28(40-23-19-32-15-11-30-12-16-33-20-24-40)39-29(38-27)41-25-21-34-17-13-31-14-18-35-22-26-41/h30-35H,2-26H2,1H3,(H,36,37,38,39). The van der Waals surface area contributed by atoms with E-state index in [0.29, 0.717) is 5.95 Å². The lowest BCUT2D eigenvalue weighted by molar-refractivity contribution is 0.550. The number of unbranched alkanes of at least 4 members (excludes halogenated alkanes) is 7. The molecule has 0 atom stereocenters. The molecule has 0 spiro atoms. The van der Waals surface area contributed by atoms with E-state index in [0.717, 1.165) is 130 Å². The second-order valence-electron chi connectivity index (χ2n) is 11.1. The van der Waals surface area contributed by atoms with Crippen LogP contribution in [0.15, 0.2) is 0 Å². The van der Waals surface area contributed by atoms with Gasteiger partial charge in [0.05, 0.1) is 0 Å². The Bertz CT molecular complexity index is 695. The molecule has 1 aromatic rings. The van der Waals surface area contributed by atoms with E-state index in [2.05, 4.69) is 53.9 Å². The van der Waals surface area contributed by atoms with Gasteiger partial charge in [-0.05, 0) is 6.42 Å². The van der Waals surface area contributed by atoms with E-state index in [-0.39, 0.29) is 0 Å². The van der Waals surface area contributed by atoms with E-state index in [9.17, 15) is 0 Å². The van der Waals surface area contributed by atoms with Crippen LogP contribution in [0.3, 0.4) is 0 Å². The molecule has 2 saturated heterocycles. The Morgan fingerprint density at radius 1 is 0.488 bits per heavy atom. The molecular weight excluding hydrogens is 516 g/mol. The quantitative estimate of drug-likeness (QED) is 0.176. The molecule has 0 amide bonds. The van der Waals surface area contributed by atoms with Crippen LogP contribution < -0.4 is 47.0 Å². The third-order valence-corrected chi connectivity index (χ3v) is 7.64. The summed E-state index contributed by atoms with van der Waals surface area (Å²) in [6.45, 7) is 18.0. The van der Waals surface area contributed by atoms with Gasteiger partial charge in [0.25, 0.3) is 0 Å². The highest BCUT2D eigenvalue weighted by Crippen LogP contribution is 2.17. The van der Waals surface area contributed by atoms with E-state index in [1.54, 1.807) is 0 Å². The molecule has 7 N–H and O–H groups in total. The molecule has 41 heavy (non-hydrogen) atoms. The summed E-state index contributed by atoms with van der Waals surface area (Å²) in [4.78, 5) is 19.6. The SMILES string of the molecule is CCCCCCCCCCNc1nc(N2CCNCCNCCNCC2)nc(N2CCNCCNCCNCC2)n1. The van der Waals surface area contributed by atoms with Crippen molar-refractivity contribution in [2.75, 3.05) is 126 Å². The van der Waals surface area contributed by atoms with Gasteiger partial charge in [0, 0.05) is 111 Å².